The maximum atomic E-state index is 12.4. The molecular formula is C22H24N8O2. The van der Waals surface area contributed by atoms with Crippen LogP contribution in [0.1, 0.15) is 23.2 Å². The fourth-order valence-electron chi connectivity index (χ4n) is 3.53. The lowest BCUT2D eigenvalue weighted by atomic mass is 9.98. The molecule has 2 aliphatic heterocycles. The Labute approximate surface area is 185 Å². The summed E-state index contributed by atoms with van der Waals surface area (Å²) in [6, 6.07) is 5.12. The molecule has 1 aromatic carbocycles. The molecule has 0 spiro atoms. The number of hydrogen-bond donors (Lipinski definition) is 5. The highest BCUT2D eigenvalue weighted by atomic mass is 16.3. The molecule has 0 fully saturated rings. The van der Waals surface area contributed by atoms with E-state index >= 15 is 0 Å². The minimum Gasteiger partial charge on any atom is -0.372 e. The number of benzene rings is 1. The quantitative estimate of drug-likeness (QED) is 0.344. The number of amides is 1. The Morgan fingerprint density at radius 2 is 2.25 bits per heavy atom. The molecule has 1 aromatic heterocycles. The Morgan fingerprint density at radius 3 is 3.00 bits per heavy atom. The highest BCUT2D eigenvalue weighted by molar-refractivity contribution is 6.45. The van der Waals surface area contributed by atoms with Crippen LogP contribution in [0.5, 0.6) is 0 Å². The molecule has 10 heteroatoms. The normalized spacial score (nSPS) is 19.0. The van der Waals surface area contributed by atoms with Crippen molar-refractivity contribution in [1.29, 1.82) is 5.41 Å². The highest BCUT2D eigenvalue weighted by Gasteiger charge is 2.35. The molecule has 2 aliphatic rings. The van der Waals surface area contributed by atoms with Gasteiger partial charge in [0.2, 0.25) is 0 Å². The summed E-state index contributed by atoms with van der Waals surface area (Å²) in [5.74, 6) is 6.43. The zero-order valence-electron chi connectivity index (χ0n) is 17.8. The third-order valence-corrected chi connectivity index (χ3v) is 5.26. The number of nitrogens with one attached hydrogen (secondary N) is 3. The number of anilines is 1. The maximum Gasteiger partial charge on any atom is 0.271 e. The number of carbonyl (C=O) groups is 1. The predicted molar refractivity (Wildman–Crippen MR) is 121 cm³/mol. The van der Waals surface area contributed by atoms with E-state index in [9.17, 15) is 9.90 Å². The van der Waals surface area contributed by atoms with E-state index in [0.717, 1.165) is 0 Å². The molecule has 4 rings (SSSR count). The molecule has 0 bridgehead atoms. The van der Waals surface area contributed by atoms with Gasteiger partial charge in [-0.3, -0.25) is 10.2 Å². The summed E-state index contributed by atoms with van der Waals surface area (Å²) < 4.78 is 1.88. The van der Waals surface area contributed by atoms with Crippen LogP contribution in [0.3, 0.4) is 0 Å². The maximum absolute atomic E-state index is 12.4. The number of carbonyl (C=O) groups excluding carboxylic acids is 1. The van der Waals surface area contributed by atoms with Crippen molar-refractivity contribution in [2.75, 3.05) is 26.0 Å². The monoisotopic (exact) mass is 432 g/mol. The van der Waals surface area contributed by atoms with E-state index in [0.29, 0.717) is 47.8 Å². The number of rotatable bonds is 4. The number of nitrogens with two attached hydrogens (primary N) is 1. The summed E-state index contributed by atoms with van der Waals surface area (Å²) in [6.07, 6.45) is 5.59. The number of guanidine groups is 1. The molecule has 1 unspecified atom stereocenters. The van der Waals surface area contributed by atoms with Crippen molar-refractivity contribution in [2.24, 2.45) is 10.7 Å². The van der Waals surface area contributed by atoms with Gasteiger partial charge in [0.15, 0.2) is 11.6 Å². The lowest BCUT2D eigenvalue weighted by Crippen LogP contribution is -2.36. The first-order valence-corrected chi connectivity index (χ1v) is 10.0. The highest BCUT2D eigenvalue weighted by Crippen LogP contribution is 2.31. The van der Waals surface area contributed by atoms with Crippen LogP contribution < -0.4 is 16.4 Å². The van der Waals surface area contributed by atoms with Gasteiger partial charge in [-0.15, -0.1) is 0 Å². The van der Waals surface area contributed by atoms with Crippen LogP contribution in [0, 0.1) is 17.3 Å². The average molecular weight is 432 g/mol. The van der Waals surface area contributed by atoms with Gasteiger partial charge in [-0.2, -0.15) is 0 Å². The second kappa shape index (κ2) is 8.20. The van der Waals surface area contributed by atoms with E-state index in [2.05, 4.69) is 32.5 Å². The Balaban J connectivity index is 1.68. The number of nitrogens with zero attached hydrogens (tertiary/aromatic N) is 4. The van der Waals surface area contributed by atoms with Gasteiger partial charge in [-0.25, -0.2) is 9.98 Å². The summed E-state index contributed by atoms with van der Waals surface area (Å²) in [5.41, 5.74) is 6.53. The van der Waals surface area contributed by atoms with Crippen molar-refractivity contribution in [3.63, 3.8) is 0 Å². The van der Waals surface area contributed by atoms with Crippen LogP contribution in [0.15, 0.2) is 47.6 Å². The van der Waals surface area contributed by atoms with Gasteiger partial charge < -0.3 is 30.9 Å². The predicted octanol–water partition coefficient (Wildman–Crippen LogP) is 0.153. The largest absolute Gasteiger partial charge is 0.372 e. The van der Waals surface area contributed by atoms with E-state index in [1.165, 1.54) is 4.90 Å². The van der Waals surface area contributed by atoms with Crippen molar-refractivity contribution < 1.29 is 9.90 Å². The van der Waals surface area contributed by atoms with Gasteiger partial charge in [0.25, 0.3) is 5.91 Å². The zero-order valence-corrected chi connectivity index (χ0v) is 17.8. The number of aliphatic hydroxyl groups is 1. The Morgan fingerprint density at radius 1 is 1.44 bits per heavy atom. The number of likely N-dealkylation sites (N-methyl/N-ethyl adjacent to an activating group) is 1. The standard InChI is InChI=1S/C22H24N8O2/c1-29(2)20(31)19(23)15-4-3-14(11-16(15)27-18-6-9-26-21(24)28-18)5-7-22(32)8-10-30-13-25-12-17(22)30/h3-4,6,11-13,23,27,32H,8-10H2,1-2H3,(H3,24,26,28). The summed E-state index contributed by atoms with van der Waals surface area (Å²) in [5, 5.41) is 25.4. The Bertz CT molecular complexity index is 1210. The number of aromatic nitrogens is 2. The van der Waals surface area contributed by atoms with Gasteiger partial charge in [0, 0.05) is 38.2 Å². The molecule has 10 nitrogen and oxygen atoms in total. The molecule has 6 N–H and O–H groups in total. The van der Waals surface area contributed by atoms with Crippen LogP contribution in [0.25, 0.3) is 0 Å². The lowest BCUT2D eigenvalue weighted by molar-refractivity contribution is -0.121. The topological polar surface area (TPSA) is 145 Å². The first-order chi connectivity index (χ1) is 15.3. The minimum atomic E-state index is -1.27. The van der Waals surface area contributed by atoms with Crippen molar-refractivity contribution in [2.45, 2.75) is 18.6 Å². The van der Waals surface area contributed by atoms with Crippen LogP contribution in [0.2, 0.25) is 0 Å². The SMILES string of the molecule is CN(C)C(=O)C(=N)c1ccc(C#CC2(O)CCn3cncc32)cc1NC1=CCN=C(N)N1. The molecule has 0 saturated heterocycles. The molecule has 2 aromatic rings. The fraction of sp³-hybridized carbons (Fsp3) is 0.273. The van der Waals surface area contributed by atoms with Crippen molar-refractivity contribution in [1.82, 2.24) is 19.8 Å². The number of imidazole rings is 1. The van der Waals surface area contributed by atoms with Gasteiger partial charge in [-0.05, 0) is 24.3 Å². The summed E-state index contributed by atoms with van der Waals surface area (Å²) in [7, 11) is 3.19. The van der Waals surface area contributed by atoms with Crippen molar-refractivity contribution >= 4 is 23.3 Å². The second-order valence-electron chi connectivity index (χ2n) is 7.76. The van der Waals surface area contributed by atoms with Crippen LogP contribution in [-0.4, -0.2) is 57.8 Å². The molecule has 0 radical (unpaired) electrons. The van der Waals surface area contributed by atoms with Gasteiger partial charge in [-0.1, -0.05) is 11.8 Å². The van der Waals surface area contributed by atoms with Crippen LogP contribution in [-0.2, 0) is 16.9 Å². The van der Waals surface area contributed by atoms with Crippen molar-refractivity contribution in [3.8, 4) is 11.8 Å². The smallest absolute Gasteiger partial charge is 0.271 e. The molecule has 0 saturated carbocycles. The van der Waals surface area contributed by atoms with Gasteiger partial charge in [0.05, 0.1) is 30.5 Å². The Kier molecular flexibility index (Phi) is 5.42. The molecular weight excluding hydrogens is 408 g/mol. The number of fused-ring (bicyclic) bond motifs is 1. The Hall–Kier alpha value is -4.10. The summed E-state index contributed by atoms with van der Waals surface area (Å²) in [4.78, 5) is 21.9. The molecule has 1 atom stereocenters. The van der Waals surface area contributed by atoms with E-state index in [1.807, 2.05) is 4.57 Å². The van der Waals surface area contributed by atoms with E-state index in [4.69, 9.17) is 11.1 Å². The summed E-state index contributed by atoms with van der Waals surface area (Å²) in [6.45, 7) is 1.06. The fourth-order valence-corrected chi connectivity index (χ4v) is 3.53. The third kappa shape index (κ3) is 4.06. The molecule has 1 amide bonds. The molecule has 32 heavy (non-hydrogen) atoms. The minimum absolute atomic E-state index is 0.159. The van der Waals surface area contributed by atoms with E-state index in [-0.39, 0.29) is 11.7 Å². The number of aliphatic imine (C=N–C) groups is 1. The molecule has 164 valence electrons. The number of hydrogen-bond acceptors (Lipinski definition) is 8. The second-order valence-corrected chi connectivity index (χ2v) is 7.76. The van der Waals surface area contributed by atoms with E-state index < -0.39 is 11.5 Å². The molecule has 0 aliphatic carbocycles. The van der Waals surface area contributed by atoms with Crippen LogP contribution in [0.4, 0.5) is 5.69 Å². The van der Waals surface area contributed by atoms with Crippen molar-refractivity contribution in [3.05, 3.63) is 59.4 Å². The van der Waals surface area contributed by atoms with Crippen LogP contribution >= 0.6 is 0 Å². The first kappa shape index (κ1) is 21.1. The third-order valence-electron chi connectivity index (χ3n) is 5.26. The summed E-state index contributed by atoms with van der Waals surface area (Å²) >= 11 is 0. The average Bonchev–Trinajstić information content (AvgIpc) is 3.36. The van der Waals surface area contributed by atoms with Gasteiger partial charge >= 0.3 is 0 Å². The number of aryl methyl sites for hydroxylation is 1. The molecule has 3 heterocycles. The van der Waals surface area contributed by atoms with E-state index in [1.54, 1.807) is 50.9 Å². The lowest BCUT2D eigenvalue weighted by Gasteiger charge is -2.19. The zero-order chi connectivity index (χ0) is 22.9. The first-order valence-electron chi connectivity index (χ1n) is 10.0. The van der Waals surface area contributed by atoms with Gasteiger partial charge in [0.1, 0.15) is 11.5 Å².